The molecule has 3 rings (SSSR count). The number of methoxy groups -OCH3 is 1. The van der Waals surface area contributed by atoms with Crippen LogP contribution in [-0.2, 0) is 4.74 Å². The lowest BCUT2D eigenvalue weighted by atomic mass is 9.85. The molecule has 2 aliphatic rings. The lowest BCUT2D eigenvalue weighted by molar-refractivity contribution is 0.0271. The Labute approximate surface area is 136 Å². The molecule has 6 heteroatoms. The number of hydrogen-bond donors (Lipinski definition) is 0. The van der Waals surface area contributed by atoms with Crippen LogP contribution in [0.2, 0.25) is 0 Å². The Morgan fingerprint density at radius 1 is 1.45 bits per heavy atom. The fraction of sp³-hybridized carbons (Fsp3) is 0.750. The van der Waals surface area contributed by atoms with Gasteiger partial charge in [-0.25, -0.2) is 4.98 Å². The number of aromatic nitrogens is 1. The second-order valence-corrected chi connectivity index (χ2v) is 7.59. The van der Waals surface area contributed by atoms with Crippen molar-refractivity contribution in [3.05, 3.63) is 16.1 Å². The van der Waals surface area contributed by atoms with Crippen LogP contribution in [0.5, 0.6) is 0 Å². The van der Waals surface area contributed by atoms with E-state index in [1.807, 2.05) is 17.2 Å². The number of likely N-dealkylation sites (tertiary alicyclic amines) is 2. The summed E-state index contributed by atoms with van der Waals surface area (Å²) in [6.07, 6.45) is 4.52. The van der Waals surface area contributed by atoms with Gasteiger partial charge in [0.15, 0.2) is 0 Å². The number of aryl methyl sites for hydroxylation is 1. The SMILES string of the molecule is COCC1CCC2(CCN(C(=O)c3csc(C)n3)CC2)N1C. The summed E-state index contributed by atoms with van der Waals surface area (Å²) in [6, 6.07) is 0.522. The number of ether oxygens (including phenoxy) is 1. The summed E-state index contributed by atoms with van der Waals surface area (Å²) < 4.78 is 5.34. The van der Waals surface area contributed by atoms with Crippen molar-refractivity contribution in [1.29, 1.82) is 0 Å². The van der Waals surface area contributed by atoms with Crippen molar-refractivity contribution < 1.29 is 9.53 Å². The first-order valence-corrected chi connectivity index (χ1v) is 8.87. The van der Waals surface area contributed by atoms with Crippen LogP contribution in [0.1, 0.15) is 41.2 Å². The van der Waals surface area contributed by atoms with Crippen LogP contribution in [0.4, 0.5) is 0 Å². The van der Waals surface area contributed by atoms with Gasteiger partial charge in [-0.05, 0) is 39.7 Å². The standard InChI is InChI=1S/C16H25N3O2S/c1-12-17-14(11-22-12)15(20)19-8-6-16(7-9-19)5-4-13(10-21-3)18(16)2/h11,13H,4-10H2,1-3H3. The molecule has 3 heterocycles. The van der Waals surface area contributed by atoms with Crippen LogP contribution in [0, 0.1) is 6.92 Å². The number of nitrogens with zero attached hydrogens (tertiary/aromatic N) is 3. The maximum Gasteiger partial charge on any atom is 0.273 e. The van der Waals surface area contributed by atoms with Gasteiger partial charge in [-0.3, -0.25) is 9.69 Å². The molecular formula is C16H25N3O2S. The topological polar surface area (TPSA) is 45.7 Å². The summed E-state index contributed by atoms with van der Waals surface area (Å²) in [5.74, 6) is 0.0910. The second kappa shape index (κ2) is 6.26. The second-order valence-electron chi connectivity index (χ2n) is 6.53. The molecule has 2 aliphatic heterocycles. The highest BCUT2D eigenvalue weighted by atomic mass is 32.1. The Morgan fingerprint density at radius 2 is 2.18 bits per heavy atom. The average molecular weight is 323 g/mol. The molecule has 1 aromatic heterocycles. The Kier molecular flexibility index (Phi) is 4.52. The molecule has 2 fully saturated rings. The van der Waals surface area contributed by atoms with Crippen molar-refractivity contribution in [2.24, 2.45) is 0 Å². The molecule has 1 amide bonds. The highest BCUT2D eigenvalue weighted by molar-refractivity contribution is 7.09. The summed E-state index contributed by atoms with van der Waals surface area (Å²) in [5, 5.41) is 2.83. The Morgan fingerprint density at radius 3 is 2.77 bits per heavy atom. The Hall–Kier alpha value is -0.980. The Balaban J connectivity index is 1.62. The molecule has 1 atom stereocenters. The van der Waals surface area contributed by atoms with E-state index in [0.717, 1.165) is 37.5 Å². The lowest BCUT2D eigenvalue weighted by Crippen LogP contribution is -2.54. The maximum atomic E-state index is 12.5. The number of piperidine rings is 1. The number of hydrogen-bond acceptors (Lipinski definition) is 5. The van der Waals surface area contributed by atoms with Crippen LogP contribution < -0.4 is 0 Å². The molecule has 0 radical (unpaired) electrons. The van der Waals surface area contributed by atoms with Gasteiger partial charge in [0, 0.05) is 37.2 Å². The van der Waals surface area contributed by atoms with Crippen molar-refractivity contribution in [2.45, 2.75) is 44.2 Å². The molecule has 2 saturated heterocycles. The first-order chi connectivity index (χ1) is 10.6. The number of amides is 1. The molecular weight excluding hydrogens is 298 g/mol. The van der Waals surface area contributed by atoms with Crippen LogP contribution in [0.25, 0.3) is 0 Å². The number of thiazole rings is 1. The molecule has 0 aromatic carbocycles. The van der Waals surface area contributed by atoms with E-state index >= 15 is 0 Å². The molecule has 0 bridgehead atoms. The summed E-state index contributed by atoms with van der Waals surface area (Å²) in [5.41, 5.74) is 0.869. The predicted molar refractivity (Wildman–Crippen MR) is 87.4 cm³/mol. The fourth-order valence-electron chi connectivity index (χ4n) is 3.93. The van der Waals surface area contributed by atoms with Gasteiger partial charge in [-0.15, -0.1) is 11.3 Å². The van der Waals surface area contributed by atoms with E-state index in [4.69, 9.17) is 4.74 Å². The number of likely N-dealkylation sites (N-methyl/N-ethyl adjacent to an activating group) is 1. The van der Waals surface area contributed by atoms with Crippen molar-refractivity contribution in [3.8, 4) is 0 Å². The van der Waals surface area contributed by atoms with E-state index < -0.39 is 0 Å². The zero-order chi connectivity index (χ0) is 15.7. The van der Waals surface area contributed by atoms with Gasteiger partial charge in [0.05, 0.1) is 11.6 Å². The van der Waals surface area contributed by atoms with E-state index in [1.165, 1.54) is 12.8 Å². The van der Waals surface area contributed by atoms with Crippen molar-refractivity contribution >= 4 is 17.2 Å². The largest absolute Gasteiger partial charge is 0.383 e. The predicted octanol–water partition coefficient (Wildman–Crippen LogP) is 2.17. The molecule has 5 nitrogen and oxygen atoms in total. The fourth-order valence-corrected chi connectivity index (χ4v) is 4.52. The minimum Gasteiger partial charge on any atom is -0.383 e. The third kappa shape index (κ3) is 2.79. The van der Waals surface area contributed by atoms with Crippen molar-refractivity contribution in [3.63, 3.8) is 0 Å². The minimum atomic E-state index is 0.0910. The van der Waals surface area contributed by atoms with Gasteiger partial charge in [0.2, 0.25) is 0 Å². The summed E-state index contributed by atoms with van der Waals surface area (Å²) >= 11 is 1.54. The highest BCUT2D eigenvalue weighted by Gasteiger charge is 2.46. The van der Waals surface area contributed by atoms with Crippen LogP contribution >= 0.6 is 11.3 Å². The van der Waals surface area contributed by atoms with Gasteiger partial charge < -0.3 is 9.64 Å². The molecule has 1 aromatic rings. The van der Waals surface area contributed by atoms with E-state index in [1.54, 1.807) is 18.4 Å². The van der Waals surface area contributed by atoms with Gasteiger partial charge in [-0.1, -0.05) is 0 Å². The molecule has 1 unspecified atom stereocenters. The van der Waals surface area contributed by atoms with Gasteiger partial charge >= 0.3 is 0 Å². The van der Waals surface area contributed by atoms with E-state index in [0.29, 0.717) is 11.7 Å². The normalized spacial score (nSPS) is 25.0. The summed E-state index contributed by atoms with van der Waals surface area (Å²) in [4.78, 5) is 21.3. The molecule has 122 valence electrons. The molecule has 0 aliphatic carbocycles. The highest BCUT2D eigenvalue weighted by Crippen LogP contribution is 2.40. The first-order valence-electron chi connectivity index (χ1n) is 7.99. The smallest absolute Gasteiger partial charge is 0.273 e. The van der Waals surface area contributed by atoms with Crippen molar-refractivity contribution in [1.82, 2.24) is 14.8 Å². The minimum absolute atomic E-state index is 0.0910. The molecule has 0 N–H and O–H groups in total. The third-order valence-electron chi connectivity index (χ3n) is 5.42. The molecule has 22 heavy (non-hydrogen) atoms. The molecule has 1 spiro atoms. The number of carbonyl (C=O) groups is 1. The van der Waals surface area contributed by atoms with E-state index in [9.17, 15) is 4.79 Å². The van der Waals surface area contributed by atoms with Crippen LogP contribution in [0.15, 0.2) is 5.38 Å². The van der Waals surface area contributed by atoms with Gasteiger partial charge in [0.25, 0.3) is 5.91 Å². The first kappa shape index (κ1) is 15.9. The van der Waals surface area contributed by atoms with E-state index in [2.05, 4.69) is 16.9 Å². The number of rotatable bonds is 3. The van der Waals surface area contributed by atoms with Gasteiger partial charge in [-0.2, -0.15) is 0 Å². The lowest BCUT2D eigenvalue weighted by Gasteiger charge is -2.44. The number of carbonyl (C=O) groups excluding carboxylic acids is 1. The monoisotopic (exact) mass is 323 g/mol. The quantitative estimate of drug-likeness (QED) is 0.855. The van der Waals surface area contributed by atoms with E-state index in [-0.39, 0.29) is 11.4 Å². The van der Waals surface area contributed by atoms with Crippen LogP contribution in [-0.4, -0.2) is 66.1 Å². The average Bonchev–Trinajstić information content (AvgIpc) is 3.08. The van der Waals surface area contributed by atoms with Gasteiger partial charge in [0.1, 0.15) is 5.69 Å². The summed E-state index contributed by atoms with van der Waals surface area (Å²) in [7, 11) is 3.99. The Bertz CT molecular complexity index is 537. The summed E-state index contributed by atoms with van der Waals surface area (Å²) in [6.45, 7) is 4.41. The zero-order valence-electron chi connectivity index (χ0n) is 13.7. The molecule has 0 saturated carbocycles. The van der Waals surface area contributed by atoms with Crippen molar-refractivity contribution in [2.75, 3.05) is 33.9 Å². The maximum absolute atomic E-state index is 12.5. The third-order valence-corrected chi connectivity index (χ3v) is 6.19. The zero-order valence-corrected chi connectivity index (χ0v) is 14.5. The van der Waals surface area contributed by atoms with Crippen LogP contribution in [0.3, 0.4) is 0 Å².